The summed E-state index contributed by atoms with van der Waals surface area (Å²) in [4.78, 5) is 0. The van der Waals surface area contributed by atoms with Crippen molar-refractivity contribution in [2.45, 2.75) is 13.3 Å². The smallest absolute Gasteiger partial charge is 0.00141 e. The van der Waals surface area contributed by atoms with Crippen LogP contribution in [0.3, 0.4) is 0 Å². The van der Waals surface area contributed by atoms with Crippen LogP contribution in [-0.4, -0.2) is 0 Å². The van der Waals surface area contributed by atoms with Gasteiger partial charge in [-0.2, -0.15) is 0 Å². The highest BCUT2D eigenvalue weighted by Crippen LogP contribution is 2.47. The lowest BCUT2D eigenvalue weighted by atomic mass is 9.79. The zero-order chi connectivity index (χ0) is 17.6. The first-order chi connectivity index (χ1) is 12.6. The van der Waals surface area contributed by atoms with Crippen molar-refractivity contribution in [3.63, 3.8) is 0 Å². The standard InChI is InChI=1S/C26H18/c1-14-7-8-21-23-12-10-19-16(3)13-15(2)18-9-11-22(26(23)25(18)19)20-6-4-5-17(14)24(20)21/h4-12H,2-3,13H2,1H3. The van der Waals surface area contributed by atoms with E-state index in [1.807, 2.05) is 0 Å². The van der Waals surface area contributed by atoms with E-state index in [1.165, 1.54) is 70.9 Å². The molecule has 0 bridgehead atoms. The summed E-state index contributed by atoms with van der Waals surface area (Å²) in [5.41, 5.74) is 6.27. The van der Waals surface area contributed by atoms with E-state index < -0.39 is 0 Å². The third-order valence-corrected chi connectivity index (χ3v) is 6.19. The zero-order valence-electron chi connectivity index (χ0n) is 14.8. The summed E-state index contributed by atoms with van der Waals surface area (Å²) in [5.74, 6) is 0. The maximum absolute atomic E-state index is 4.33. The number of rotatable bonds is 0. The number of allylic oxidation sites excluding steroid dienone is 2. The van der Waals surface area contributed by atoms with Crippen LogP contribution < -0.4 is 0 Å². The van der Waals surface area contributed by atoms with Gasteiger partial charge in [0.2, 0.25) is 0 Å². The third kappa shape index (κ3) is 1.51. The van der Waals surface area contributed by atoms with Gasteiger partial charge in [0.15, 0.2) is 0 Å². The van der Waals surface area contributed by atoms with Crippen LogP contribution in [0.15, 0.2) is 67.8 Å². The Balaban J connectivity index is 2.02. The van der Waals surface area contributed by atoms with Gasteiger partial charge >= 0.3 is 0 Å². The van der Waals surface area contributed by atoms with Gasteiger partial charge in [-0.25, -0.2) is 0 Å². The van der Waals surface area contributed by atoms with Crippen molar-refractivity contribution in [2.75, 3.05) is 0 Å². The van der Waals surface area contributed by atoms with Gasteiger partial charge < -0.3 is 0 Å². The van der Waals surface area contributed by atoms with Gasteiger partial charge in [0.05, 0.1) is 0 Å². The zero-order valence-corrected chi connectivity index (χ0v) is 14.8. The first-order valence-electron chi connectivity index (χ1n) is 9.14. The highest BCUT2D eigenvalue weighted by molar-refractivity contribution is 6.35. The Morgan fingerprint density at radius 1 is 0.577 bits per heavy atom. The van der Waals surface area contributed by atoms with Crippen LogP contribution in [0.2, 0.25) is 0 Å². The fourth-order valence-corrected chi connectivity index (χ4v) is 4.98. The normalized spacial score (nSPS) is 14.3. The van der Waals surface area contributed by atoms with Crippen LogP contribution in [0.5, 0.6) is 0 Å². The van der Waals surface area contributed by atoms with E-state index >= 15 is 0 Å². The van der Waals surface area contributed by atoms with Crippen molar-refractivity contribution >= 4 is 54.2 Å². The van der Waals surface area contributed by atoms with Crippen LogP contribution in [0.1, 0.15) is 23.1 Å². The summed E-state index contributed by atoms with van der Waals surface area (Å²) < 4.78 is 0. The van der Waals surface area contributed by atoms with E-state index in [-0.39, 0.29) is 0 Å². The van der Waals surface area contributed by atoms with Gasteiger partial charge in [0, 0.05) is 0 Å². The Kier molecular flexibility index (Phi) is 2.46. The topological polar surface area (TPSA) is 0 Å². The third-order valence-electron chi connectivity index (χ3n) is 6.19. The van der Waals surface area contributed by atoms with Gasteiger partial charge in [-0.05, 0) is 84.3 Å². The summed E-state index contributed by atoms with van der Waals surface area (Å²) >= 11 is 0. The summed E-state index contributed by atoms with van der Waals surface area (Å²) in [5, 5.41) is 10.8. The summed E-state index contributed by atoms with van der Waals surface area (Å²) in [6, 6.07) is 20.4. The summed E-state index contributed by atoms with van der Waals surface area (Å²) in [7, 11) is 0. The molecule has 1 aliphatic carbocycles. The highest BCUT2D eigenvalue weighted by atomic mass is 14.3. The maximum Gasteiger partial charge on any atom is -0.00141 e. The van der Waals surface area contributed by atoms with Gasteiger partial charge in [-0.1, -0.05) is 67.8 Å². The van der Waals surface area contributed by atoms with E-state index in [4.69, 9.17) is 0 Å². The molecule has 122 valence electrons. The number of hydrogen-bond acceptors (Lipinski definition) is 0. The molecule has 6 rings (SSSR count). The maximum atomic E-state index is 4.33. The molecule has 0 heteroatoms. The van der Waals surface area contributed by atoms with E-state index in [0.717, 1.165) is 6.42 Å². The Bertz CT molecular complexity index is 1360. The fourth-order valence-electron chi connectivity index (χ4n) is 4.98. The number of fused-ring (bicyclic) bond motifs is 2. The average molecular weight is 330 g/mol. The van der Waals surface area contributed by atoms with E-state index in [0.29, 0.717) is 0 Å². The lowest BCUT2D eigenvalue weighted by Gasteiger charge is -2.24. The Hall–Kier alpha value is -3.12. The average Bonchev–Trinajstić information content (AvgIpc) is 2.66. The van der Waals surface area contributed by atoms with Crippen molar-refractivity contribution in [1.29, 1.82) is 0 Å². The van der Waals surface area contributed by atoms with Crippen LogP contribution in [0.25, 0.3) is 54.2 Å². The van der Waals surface area contributed by atoms with Crippen LogP contribution in [0.4, 0.5) is 0 Å². The molecule has 0 saturated carbocycles. The summed E-state index contributed by atoms with van der Waals surface area (Å²) in [6.45, 7) is 10.9. The molecule has 0 N–H and O–H groups in total. The van der Waals surface area contributed by atoms with E-state index in [9.17, 15) is 0 Å². The Morgan fingerprint density at radius 3 is 1.81 bits per heavy atom. The highest BCUT2D eigenvalue weighted by Gasteiger charge is 2.22. The molecule has 0 radical (unpaired) electrons. The predicted molar refractivity (Wildman–Crippen MR) is 115 cm³/mol. The second-order valence-electron chi connectivity index (χ2n) is 7.61. The van der Waals surface area contributed by atoms with Gasteiger partial charge in [-0.15, -0.1) is 0 Å². The molecule has 5 aromatic rings. The van der Waals surface area contributed by atoms with E-state index in [1.54, 1.807) is 0 Å². The monoisotopic (exact) mass is 330 g/mol. The molecule has 0 unspecified atom stereocenters. The second kappa shape index (κ2) is 4.53. The molecule has 1 aliphatic rings. The van der Waals surface area contributed by atoms with Crippen LogP contribution in [-0.2, 0) is 0 Å². The molecular weight excluding hydrogens is 312 g/mol. The molecule has 0 atom stereocenters. The SMILES string of the molecule is C=C1CC(=C)c2ccc3c4ccc(C)c5cccc(c6ccc1c2c63)c54. The first-order valence-corrected chi connectivity index (χ1v) is 9.14. The lowest BCUT2D eigenvalue weighted by molar-refractivity contribution is 1.40. The van der Waals surface area contributed by atoms with Crippen molar-refractivity contribution < 1.29 is 0 Å². The minimum atomic E-state index is 0.867. The van der Waals surface area contributed by atoms with Gasteiger partial charge in [-0.3, -0.25) is 0 Å². The molecule has 0 spiro atoms. The van der Waals surface area contributed by atoms with Gasteiger partial charge in [0.1, 0.15) is 0 Å². The molecule has 0 amide bonds. The van der Waals surface area contributed by atoms with Crippen molar-refractivity contribution in [1.82, 2.24) is 0 Å². The minimum absolute atomic E-state index is 0.867. The molecule has 0 aromatic heterocycles. The molecular formula is C26H18. The predicted octanol–water partition coefficient (Wildman–Crippen LogP) is 7.48. The largest absolute Gasteiger partial charge is 0.0949 e. The summed E-state index contributed by atoms with van der Waals surface area (Å²) in [6.07, 6.45) is 0.867. The number of hydrogen-bond donors (Lipinski definition) is 0. The molecule has 26 heavy (non-hydrogen) atoms. The Morgan fingerprint density at radius 2 is 1.12 bits per heavy atom. The van der Waals surface area contributed by atoms with Gasteiger partial charge in [0.25, 0.3) is 0 Å². The quantitative estimate of drug-likeness (QED) is 0.204. The molecule has 0 nitrogen and oxygen atoms in total. The molecule has 0 fully saturated rings. The molecule has 0 saturated heterocycles. The Labute approximate surface area is 152 Å². The van der Waals surface area contributed by atoms with Crippen LogP contribution in [0, 0.1) is 6.92 Å². The minimum Gasteiger partial charge on any atom is -0.0949 e. The number of benzene rings is 5. The molecule has 5 aromatic carbocycles. The second-order valence-corrected chi connectivity index (χ2v) is 7.61. The van der Waals surface area contributed by atoms with Crippen molar-refractivity contribution in [2.24, 2.45) is 0 Å². The first kappa shape index (κ1) is 14.1. The molecule has 0 heterocycles. The van der Waals surface area contributed by atoms with Crippen molar-refractivity contribution in [3.8, 4) is 0 Å². The van der Waals surface area contributed by atoms with E-state index in [2.05, 4.69) is 74.7 Å². The molecule has 0 aliphatic heterocycles. The number of aryl methyl sites for hydroxylation is 1. The van der Waals surface area contributed by atoms with Crippen molar-refractivity contribution in [3.05, 3.63) is 84.4 Å². The fraction of sp³-hybridized carbons (Fsp3) is 0.0769. The lowest BCUT2D eigenvalue weighted by Crippen LogP contribution is -2.00. The van der Waals surface area contributed by atoms with Crippen LogP contribution >= 0.6 is 0 Å².